The van der Waals surface area contributed by atoms with Gasteiger partial charge in [-0.3, -0.25) is 0 Å². The topological polar surface area (TPSA) is 12.0 Å². The molecule has 0 bridgehead atoms. The second kappa shape index (κ2) is 5.89. The van der Waals surface area contributed by atoms with Gasteiger partial charge < -0.3 is 5.32 Å². The molecule has 0 aromatic carbocycles. The van der Waals surface area contributed by atoms with E-state index in [4.69, 9.17) is 0 Å². The molecule has 1 saturated carbocycles. The van der Waals surface area contributed by atoms with Crippen LogP contribution in [0.4, 0.5) is 13.2 Å². The van der Waals surface area contributed by atoms with Gasteiger partial charge in [-0.2, -0.15) is 13.2 Å². The van der Waals surface area contributed by atoms with E-state index in [1.165, 1.54) is 0 Å². The monoisotopic (exact) mass is 237 g/mol. The van der Waals surface area contributed by atoms with Crippen LogP contribution < -0.4 is 5.32 Å². The van der Waals surface area contributed by atoms with Crippen LogP contribution in [0.15, 0.2) is 0 Å². The van der Waals surface area contributed by atoms with Crippen molar-refractivity contribution in [3.8, 4) is 0 Å². The second-order valence-corrected chi connectivity index (χ2v) is 4.72. The van der Waals surface area contributed by atoms with Crippen LogP contribution in [-0.4, -0.2) is 18.3 Å². The van der Waals surface area contributed by atoms with Crippen LogP contribution in [0.3, 0.4) is 0 Å². The summed E-state index contributed by atoms with van der Waals surface area (Å²) in [5.41, 5.74) is 0. The molecule has 1 aliphatic carbocycles. The number of hydrogen-bond donors (Lipinski definition) is 1. The Morgan fingerprint density at radius 1 is 1.12 bits per heavy atom. The van der Waals surface area contributed by atoms with E-state index in [0.29, 0.717) is 19.3 Å². The van der Waals surface area contributed by atoms with E-state index >= 15 is 0 Å². The van der Waals surface area contributed by atoms with Gasteiger partial charge in [-0.1, -0.05) is 26.7 Å². The van der Waals surface area contributed by atoms with Crippen molar-refractivity contribution in [3.63, 3.8) is 0 Å². The lowest BCUT2D eigenvalue weighted by Gasteiger charge is -2.36. The predicted molar refractivity (Wildman–Crippen MR) is 59.3 cm³/mol. The lowest BCUT2D eigenvalue weighted by atomic mass is 9.83. The highest BCUT2D eigenvalue weighted by molar-refractivity contribution is 4.87. The van der Waals surface area contributed by atoms with Gasteiger partial charge in [-0.05, 0) is 25.7 Å². The number of rotatable bonds is 4. The van der Waals surface area contributed by atoms with Crippen LogP contribution >= 0.6 is 0 Å². The van der Waals surface area contributed by atoms with Crippen molar-refractivity contribution >= 4 is 0 Å². The Kier molecular flexibility index (Phi) is 5.09. The van der Waals surface area contributed by atoms with Gasteiger partial charge in [0.1, 0.15) is 0 Å². The van der Waals surface area contributed by atoms with Crippen molar-refractivity contribution in [3.05, 3.63) is 0 Å². The number of halogens is 3. The Balaban J connectivity index is 2.60. The maximum absolute atomic E-state index is 12.8. The molecule has 1 rings (SSSR count). The minimum absolute atomic E-state index is 0.230. The van der Waals surface area contributed by atoms with Crippen LogP contribution in [-0.2, 0) is 0 Å². The first-order valence-corrected chi connectivity index (χ1v) is 6.31. The molecule has 0 aromatic rings. The molecule has 0 heterocycles. The molecule has 1 N–H and O–H groups in total. The molecule has 1 aliphatic rings. The third kappa shape index (κ3) is 3.65. The van der Waals surface area contributed by atoms with E-state index in [1.54, 1.807) is 0 Å². The molecule has 0 aromatic heterocycles. The molecule has 96 valence electrons. The van der Waals surface area contributed by atoms with Crippen molar-refractivity contribution in [1.82, 2.24) is 5.32 Å². The van der Waals surface area contributed by atoms with E-state index in [-0.39, 0.29) is 12.1 Å². The molecule has 1 nitrogen and oxygen atoms in total. The summed E-state index contributed by atoms with van der Waals surface area (Å²) in [5, 5.41) is 3.19. The normalized spacial score (nSPS) is 27.4. The molecule has 0 spiro atoms. The van der Waals surface area contributed by atoms with E-state index < -0.39 is 12.1 Å². The van der Waals surface area contributed by atoms with Crippen molar-refractivity contribution < 1.29 is 13.2 Å². The maximum Gasteiger partial charge on any atom is 0.393 e. The second-order valence-electron chi connectivity index (χ2n) is 4.72. The minimum atomic E-state index is -4.04. The minimum Gasteiger partial charge on any atom is -0.311 e. The zero-order valence-corrected chi connectivity index (χ0v) is 10.1. The zero-order valence-electron chi connectivity index (χ0n) is 10.1. The quantitative estimate of drug-likeness (QED) is 0.782. The summed E-state index contributed by atoms with van der Waals surface area (Å²) < 4.78 is 38.4. The number of alkyl halides is 3. The molecule has 0 amide bonds. The Labute approximate surface area is 95.8 Å². The van der Waals surface area contributed by atoms with E-state index in [0.717, 1.165) is 19.3 Å². The molecule has 0 radical (unpaired) electrons. The van der Waals surface area contributed by atoms with Gasteiger partial charge >= 0.3 is 6.18 Å². The lowest BCUT2D eigenvalue weighted by Crippen LogP contribution is -2.48. The molecule has 4 heteroatoms. The van der Waals surface area contributed by atoms with Gasteiger partial charge in [0.15, 0.2) is 0 Å². The van der Waals surface area contributed by atoms with E-state index in [2.05, 4.69) is 5.32 Å². The third-order valence-corrected chi connectivity index (χ3v) is 3.62. The first-order chi connectivity index (χ1) is 7.49. The van der Waals surface area contributed by atoms with Crippen molar-refractivity contribution in [2.45, 2.75) is 70.6 Å². The fraction of sp³-hybridized carbons (Fsp3) is 1.00. The van der Waals surface area contributed by atoms with E-state index in [9.17, 15) is 13.2 Å². The lowest BCUT2D eigenvalue weighted by molar-refractivity contribution is -0.189. The van der Waals surface area contributed by atoms with Crippen LogP contribution in [0.25, 0.3) is 0 Å². The van der Waals surface area contributed by atoms with Crippen molar-refractivity contribution in [2.75, 3.05) is 0 Å². The Morgan fingerprint density at radius 3 is 2.19 bits per heavy atom. The molecular formula is C12H22F3N. The van der Waals surface area contributed by atoms with Gasteiger partial charge in [0.05, 0.1) is 5.92 Å². The summed E-state index contributed by atoms with van der Waals surface area (Å²) in [6, 6.07) is -0.133. The summed E-state index contributed by atoms with van der Waals surface area (Å²) in [6.45, 7) is 4.04. The summed E-state index contributed by atoms with van der Waals surface area (Å²) >= 11 is 0. The van der Waals surface area contributed by atoms with Crippen molar-refractivity contribution in [2.24, 2.45) is 5.92 Å². The maximum atomic E-state index is 12.8. The standard InChI is InChI=1S/C12H22F3N/c1-3-9(4-2)16-11-8-6-5-7-10(11)12(13,14)15/h9-11,16H,3-8H2,1-2H3. The molecule has 2 atom stereocenters. The Hall–Kier alpha value is -0.250. The fourth-order valence-electron chi connectivity index (χ4n) is 2.55. The van der Waals surface area contributed by atoms with Crippen LogP contribution in [0.5, 0.6) is 0 Å². The highest BCUT2D eigenvalue weighted by Gasteiger charge is 2.45. The smallest absolute Gasteiger partial charge is 0.311 e. The molecule has 0 aliphatic heterocycles. The van der Waals surface area contributed by atoms with Gasteiger partial charge in [0.2, 0.25) is 0 Å². The van der Waals surface area contributed by atoms with Crippen LogP contribution in [0.2, 0.25) is 0 Å². The predicted octanol–water partition coefficient (Wildman–Crippen LogP) is 3.89. The summed E-state index contributed by atoms with van der Waals surface area (Å²) in [5.74, 6) is -1.14. The highest BCUT2D eigenvalue weighted by atomic mass is 19.4. The molecular weight excluding hydrogens is 215 g/mol. The van der Waals surface area contributed by atoms with Gasteiger partial charge in [-0.25, -0.2) is 0 Å². The third-order valence-electron chi connectivity index (χ3n) is 3.62. The van der Waals surface area contributed by atoms with E-state index in [1.807, 2.05) is 13.8 Å². The Morgan fingerprint density at radius 2 is 1.69 bits per heavy atom. The number of hydrogen-bond acceptors (Lipinski definition) is 1. The summed E-state index contributed by atoms with van der Waals surface area (Å²) in [7, 11) is 0. The average molecular weight is 237 g/mol. The number of nitrogens with one attached hydrogen (secondary N) is 1. The van der Waals surface area contributed by atoms with Gasteiger partial charge in [-0.15, -0.1) is 0 Å². The first-order valence-electron chi connectivity index (χ1n) is 6.31. The molecule has 2 unspecified atom stereocenters. The fourth-order valence-corrected chi connectivity index (χ4v) is 2.55. The zero-order chi connectivity index (χ0) is 12.2. The largest absolute Gasteiger partial charge is 0.393 e. The van der Waals surface area contributed by atoms with Gasteiger partial charge in [0.25, 0.3) is 0 Å². The van der Waals surface area contributed by atoms with Crippen LogP contribution in [0, 0.1) is 5.92 Å². The average Bonchev–Trinajstić information content (AvgIpc) is 2.25. The molecule has 1 fully saturated rings. The van der Waals surface area contributed by atoms with Crippen LogP contribution in [0.1, 0.15) is 52.4 Å². The van der Waals surface area contributed by atoms with Gasteiger partial charge in [0, 0.05) is 12.1 Å². The first kappa shape index (κ1) is 13.8. The van der Waals surface area contributed by atoms with Crippen molar-refractivity contribution in [1.29, 1.82) is 0 Å². The summed E-state index contributed by atoms with van der Waals surface area (Å²) in [6.07, 6.45) is 0.358. The molecule has 16 heavy (non-hydrogen) atoms. The summed E-state index contributed by atoms with van der Waals surface area (Å²) in [4.78, 5) is 0. The Bertz CT molecular complexity index is 199. The molecule has 0 saturated heterocycles. The SMILES string of the molecule is CCC(CC)NC1CCCCC1C(F)(F)F. The highest BCUT2D eigenvalue weighted by Crippen LogP contribution is 2.38.